The molecule has 2 rings (SSSR count). The molecule has 0 bridgehead atoms. The van der Waals surface area contributed by atoms with E-state index in [1.807, 2.05) is 27.7 Å². The van der Waals surface area contributed by atoms with Crippen LogP contribution in [-0.2, 0) is 9.47 Å². The normalized spacial score (nSPS) is 10.9. The van der Waals surface area contributed by atoms with E-state index >= 15 is 0 Å². The first kappa shape index (κ1) is 20.6. The maximum Gasteiger partial charge on any atom is 0.342 e. The SMILES string of the molecule is COc1ccccc1-c1occ(C(=O)OCC(C)C)c1C(=O)OCC(C)C. The molecule has 0 radical (unpaired) electrons. The summed E-state index contributed by atoms with van der Waals surface area (Å²) in [4.78, 5) is 25.2. The van der Waals surface area contributed by atoms with Gasteiger partial charge in [-0.25, -0.2) is 9.59 Å². The van der Waals surface area contributed by atoms with Crippen molar-refractivity contribution in [2.24, 2.45) is 11.8 Å². The number of ether oxygens (including phenoxy) is 3. The molecule has 0 atom stereocenters. The summed E-state index contributed by atoms with van der Waals surface area (Å²) in [5.41, 5.74) is 0.652. The van der Waals surface area contributed by atoms with Gasteiger partial charge in [-0.1, -0.05) is 39.8 Å². The van der Waals surface area contributed by atoms with E-state index in [0.29, 0.717) is 11.3 Å². The van der Waals surface area contributed by atoms with E-state index < -0.39 is 11.9 Å². The summed E-state index contributed by atoms with van der Waals surface area (Å²) in [7, 11) is 1.52. The Morgan fingerprint density at radius 3 is 2.15 bits per heavy atom. The zero-order chi connectivity index (χ0) is 20.0. The van der Waals surface area contributed by atoms with Crippen LogP contribution in [0.2, 0.25) is 0 Å². The molecule has 0 amide bonds. The Labute approximate surface area is 159 Å². The summed E-state index contributed by atoms with van der Waals surface area (Å²) in [6, 6.07) is 7.10. The Balaban J connectivity index is 2.47. The van der Waals surface area contributed by atoms with Crippen molar-refractivity contribution in [1.29, 1.82) is 0 Å². The monoisotopic (exact) mass is 374 g/mol. The van der Waals surface area contributed by atoms with Crippen LogP contribution in [0.4, 0.5) is 0 Å². The van der Waals surface area contributed by atoms with Crippen molar-refractivity contribution in [2.75, 3.05) is 20.3 Å². The Morgan fingerprint density at radius 1 is 0.963 bits per heavy atom. The fourth-order valence-corrected chi connectivity index (χ4v) is 2.38. The smallest absolute Gasteiger partial charge is 0.342 e. The number of esters is 2. The number of carbonyl (C=O) groups is 2. The number of benzene rings is 1. The van der Waals surface area contributed by atoms with Crippen LogP contribution in [0.1, 0.15) is 48.4 Å². The molecule has 1 heterocycles. The van der Waals surface area contributed by atoms with Gasteiger partial charge in [0.1, 0.15) is 23.1 Å². The fraction of sp³-hybridized carbons (Fsp3) is 0.429. The number of rotatable bonds is 8. The number of furan rings is 1. The molecule has 1 aromatic heterocycles. The van der Waals surface area contributed by atoms with Crippen molar-refractivity contribution >= 4 is 11.9 Å². The first-order valence-corrected chi connectivity index (χ1v) is 8.94. The average molecular weight is 374 g/mol. The topological polar surface area (TPSA) is 75.0 Å². The van der Waals surface area contributed by atoms with Crippen LogP contribution in [0.25, 0.3) is 11.3 Å². The highest BCUT2D eigenvalue weighted by molar-refractivity contribution is 6.07. The van der Waals surface area contributed by atoms with Crippen LogP contribution >= 0.6 is 0 Å². The van der Waals surface area contributed by atoms with Crippen LogP contribution in [0.5, 0.6) is 5.75 Å². The van der Waals surface area contributed by atoms with Crippen LogP contribution in [0.3, 0.4) is 0 Å². The van der Waals surface area contributed by atoms with Crippen molar-refractivity contribution in [2.45, 2.75) is 27.7 Å². The predicted octanol–water partition coefficient (Wildman–Crippen LogP) is 4.58. The molecule has 0 fully saturated rings. The minimum atomic E-state index is -0.630. The van der Waals surface area contributed by atoms with Crippen LogP contribution in [-0.4, -0.2) is 32.3 Å². The quantitative estimate of drug-likeness (QED) is 0.630. The second kappa shape index (κ2) is 9.26. The molecule has 0 saturated heterocycles. The summed E-state index contributed by atoms with van der Waals surface area (Å²) in [6.07, 6.45) is 1.23. The van der Waals surface area contributed by atoms with E-state index in [1.54, 1.807) is 24.3 Å². The van der Waals surface area contributed by atoms with Gasteiger partial charge in [0, 0.05) is 0 Å². The summed E-state index contributed by atoms with van der Waals surface area (Å²) in [6.45, 7) is 8.20. The summed E-state index contributed by atoms with van der Waals surface area (Å²) < 4.78 is 21.6. The van der Waals surface area contributed by atoms with Crippen molar-refractivity contribution in [3.8, 4) is 17.1 Å². The Morgan fingerprint density at radius 2 is 1.56 bits per heavy atom. The molecule has 146 valence electrons. The minimum absolute atomic E-state index is 0.0466. The van der Waals surface area contributed by atoms with E-state index in [1.165, 1.54) is 13.4 Å². The molecule has 2 aromatic rings. The largest absolute Gasteiger partial charge is 0.496 e. The van der Waals surface area contributed by atoms with Crippen molar-refractivity contribution in [3.63, 3.8) is 0 Å². The molecule has 6 nitrogen and oxygen atoms in total. The molecule has 6 heteroatoms. The van der Waals surface area contributed by atoms with Gasteiger partial charge >= 0.3 is 11.9 Å². The van der Waals surface area contributed by atoms with E-state index in [2.05, 4.69) is 0 Å². The van der Waals surface area contributed by atoms with Crippen LogP contribution in [0.15, 0.2) is 34.9 Å². The van der Waals surface area contributed by atoms with Gasteiger partial charge < -0.3 is 18.6 Å². The minimum Gasteiger partial charge on any atom is -0.496 e. The van der Waals surface area contributed by atoms with Gasteiger partial charge in [-0.05, 0) is 24.0 Å². The van der Waals surface area contributed by atoms with Crippen molar-refractivity contribution in [1.82, 2.24) is 0 Å². The lowest BCUT2D eigenvalue weighted by molar-refractivity contribution is 0.0414. The van der Waals surface area contributed by atoms with Gasteiger partial charge in [0.15, 0.2) is 5.76 Å². The van der Waals surface area contributed by atoms with E-state index in [9.17, 15) is 9.59 Å². The van der Waals surface area contributed by atoms with E-state index in [4.69, 9.17) is 18.6 Å². The zero-order valence-corrected chi connectivity index (χ0v) is 16.4. The van der Waals surface area contributed by atoms with E-state index in [0.717, 1.165) is 0 Å². The first-order chi connectivity index (χ1) is 12.8. The second-order valence-electron chi connectivity index (χ2n) is 7.04. The molecule has 0 spiro atoms. The van der Waals surface area contributed by atoms with Gasteiger partial charge in [0.05, 0.1) is 25.9 Å². The summed E-state index contributed by atoms with van der Waals surface area (Å²) >= 11 is 0. The Bertz CT molecular complexity index is 788. The molecule has 0 N–H and O–H groups in total. The van der Waals surface area contributed by atoms with Gasteiger partial charge in [0.25, 0.3) is 0 Å². The highest BCUT2D eigenvalue weighted by Gasteiger charge is 2.29. The zero-order valence-electron chi connectivity index (χ0n) is 16.4. The molecule has 0 aliphatic carbocycles. The lowest BCUT2D eigenvalue weighted by Gasteiger charge is -2.11. The van der Waals surface area contributed by atoms with Crippen LogP contribution < -0.4 is 4.74 Å². The maximum atomic E-state index is 12.7. The summed E-state index contributed by atoms with van der Waals surface area (Å²) in [5.74, 6) is -0.178. The average Bonchev–Trinajstić information content (AvgIpc) is 3.09. The highest BCUT2D eigenvalue weighted by Crippen LogP contribution is 2.35. The second-order valence-corrected chi connectivity index (χ2v) is 7.04. The number of hydrogen-bond acceptors (Lipinski definition) is 6. The standard InChI is InChI=1S/C21H26O6/c1-13(2)10-26-20(22)16-12-25-19(15-8-6-7-9-17(15)24-5)18(16)21(23)27-11-14(3)4/h6-9,12-14H,10-11H2,1-5H3. The van der Waals surface area contributed by atoms with Gasteiger partial charge in [0.2, 0.25) is 0 Å². The van der Waals surface area contributed by atoms with Gasteiger partial charge in [-0.15, -0.1) is 0 Å². The fourth-order valence-electron chi connectivity index (χ4n) is 2.38. The van der Waals surface area contributed by atoms with Crippen molar-refractivity contribution < 1.29 is 28.2 Å². The molecule has 1 aromatic carbocycles. The van der Waals surface area contributed by atoms with E-state index in [-0.39, 0.29) is 41.9 Å². The third-order valence-corrected chi connectivity index (χ3v) is 3.66. The lowest BCUT2D eigenvalue weighted by Crippen LogP contribution is -2.16. The molecule has 0 aliphatic rings. The molecular formula is C21H26O6. The van der Waals surface area contributed by atoms with Crippen molar-refractivity contribution in [3.05, 3.63) is 41.7 Å². The number of carbonyl (C=O) groups excluding carboxylic acids is 2. The molecule has 0 unspecified atom stereocenters. The molecule has 27 heavy (non-hydrogen) atoms. The molecule has 0 aliphatic heterocycles. The number of hydrogen-bond donors (Lipinski definition) is 0. The van der Waals surface area contributed by atoms with Gasteiger partial charge in [-0.2, -0.15) is 0 Å². The lowest BCUT2D eigenvalue weighted by atomic mass is 10.0. The Hall–Kier alpha value is -2.76. The first-order valence-electron chi connectivity index (χ1n) is 8.94. The molecular weight excluding hydrogens is 348 g/mol. The summed E-state index contributed by atoms with van der Waals surface area (Å²) in [5, 5.41) is 0. The predicted molar refractivity (Wildman–Crippen MR) is 101 cm³/mol. The molecule has 0 saturated carbocycles. The highest BCUT2D eigenvalue weighted by atomic mass is 16.5. The third-order valence-electron chi connectivity index (χ3n) is 3.66. The van der Waals surface area contributed by atoms with Crippen LogP contribution in [0, 0.1) is 11.8 Å². The van der Waals surface area contributed by atoms with Gasteiger partial charge in [-0.3, -0.25) is 0 Å². The number of para-hydroxylation sites is 1. The number of methoxy groups -OCH3 is 1. The maximum absolute atomic E-state index is 12.7. The Kier molecular flexibility index (Phi) is 7.05. The third kappa shape index (κ3) is 5.12.